The quantitative estimate of drug-likeness (QED) is 0.803. The van der Waals surface area contributed by atoms with E-state index in [-0.39, 0.29) is 5.41 Å². The van der Waals surface area contributed by atoms with Crippen LogP contribution in [0.3, 0.4) is 0 Å². The molecule has 0 aliphatic heterocycles. The molecule has 0 amide bonds. The van der Waals surface area contributed by atoms with Gasteiger partial charge < -0.3 is 5.11 Å². The lowest BCUT2D eigenvalue weighted by Crippen LogP contribution is -2.29. The number of aliphatic hydroxyl groups is 1. The highest BCUT2D eigenvalue weighted by Gasteiger charge is 2.35. The van der Waals surface area contributed by atoms with Crippen LogP contribution in [0.1, 0.15) is 31.7 Å². The van der Waals surface area contributed by atoms with E-state index in [2.05, 4.69) is 40.8 Å². The van der Waals surface area contributed by atoms with Crippen molar-refractivity contribution >= 4 is 27.3 Å². The summed E-state index contributed by atoms with van der Waals surface area (Å²) in [5.74, 6) is 0. The monoisotopic (exact) mass is 287 g/mol. The molecule has 1 aliphatic rings. The molecule has 0 spiro atoms. The van der Waals surface area contributed by atoms with Gasteiger partial charge in [-0.1, -0.05) is 19.9 Å². The van der Waals surface area contributed by atoms with Gasteiger partial charge in [0.05, 0.1) is 0 Å². The molecule has 2 rings (SSSR count). The number of aromatic nitrogens is 1. The number of rotatable bonds is 1. The van der Waals surface area contributed by atoms with Crippen LogP contribution in [0, 0.1) is 5.41 Å². The Kier molecular flexibility index (Phi) is 2.77. The third-order valence-corrected chi connectivity index (χ3v) is 4.53. The van der Waals surface area contributed by atoms with E-state index >= 15 is 0 Å². The minimum Gasteiger partial charge on any atom is -0.379 e. The SMILES string of the molecule is CC1(C)C=CC(O)(c2nc(Br)cs2)CC1. The van der Waals surface area contributed by atoms with Crippen LogP contribution in [0.25, 0.3) is 0 Å². The third-order valence-electron chi connectivity index (χ3n) is 2.81. The highest BCUT2D eigenvalue weighted by molar-refractivity contribution is 9.10. The Morgan fingerprint density at radius 2 is 2.13 bits per heavy atom. The zero-order valence-corrected chi connectivity index (χ0v) is 11.2. The fraction of sp³-hybridized carbons (Fsp3) is 0.545. The van der Waals surface area contributed by atoms with Gasteiger partial charge in [0, 0.05) is 5.38 Å². The number of hydrogen-bond donors (Lipinski definition) is 1. The van der Waals surface area contributed by atoms with E-state index in [9.17, 15) is 5.11 Å². The summed E-state index contributed by atoms with van der Waals surface area (Å²) in [7, 11) is 0. The summed E-state index contributed by atoms with van der Waals surface area (Å²) in [5, 5.41) is 13.1. The van der Waals surface area contributed by atoms with Crippen LogP contribution >= 0.6 is 27.3 Å². The van der Waals surface area contributed by atoms with E-state index in [1.165, 1.54) is 11.3 Å². The second-order valence-corrected chi connectivity index (χ2v) is 6.39. The Bertz CT molecular complexity index is 399. The van der Waals surface area contributed by atoms with Crippen molar-refractivity contribution < 1.29 is 5.11 Å². The minimum atomic E-state index is -0.855. The molecule has 1 heterocycles. The molecular formula is C11H14BrNOS. The van der Waals surface area contributed by atoms with Crippen LogP contribution in [-0.2, 0) is 5.60 Å². The van der Waals surface area contributed by atoms with Crippen molar-refractivity contribution in [1.29, 1.82) is 0 Å². The van der Waals surface area contributed by atoms with Gasteiger partial charge in [-0.15, -0.1) is 11.3 Å². The fourth-order valence-corrected chi connectivity index (χ4v) is 3.04. The Morgan fingerprint density at radius 1 is 1.40 bits per heavy atom. The van der Waals surface area contributed by atoms with Gasteiger partial charge in [0.1, 0.15) is 15.2 Å². The van der Waals surface area contributed by atoms with Gasteiger partial charge in [-0.25, -0.2) is 4.98 Å². The van der Waals surface area contributed by atoms with Gasteiger partial charge in [0.15, 0.2) is 0 Å². The molecule has 1 aromatic rings. The summed E-state index contributed by atoms with van der Waals surface area (Å²) in [5.41, 5.74) is -0.660. The molecule has 0 radical (unpaired) electrons. The average molecular weight is 288 g/mol. The summed E-state index contributed by atoms with van der Waals surface area (Å²) in [6.45, 7) is 4.36. The molecular weight excluding hydrogens is 274 g/mol. The topological polar surface area (TPSA) is 33.1 Å². The van der Waals surface area contributed by atoms with Crippen molar-refractivity contribution in [2.24, 2.45) is 5.41 Å². The van der Waals surface area contributed by atoms with Crippen molar-refractivity contribution in [1.82, 2.24) is 4.98 Å². The molecule has 2 nitrogen and oxygen atoms in total. The maximum Gasteiger partial charge on any atom is 0.134 e. The molecule has 1 N–H and O–H groups in total. The second kappa shape index (κ2) is 3.68. The Labute approximate surface area is 102 Å². The predicted octanol–water partition coefficient (Wildman–Crippen LogP) is 3.47. The van der Waals surface area contributed by atoms with Crippen molar-refractivity contribution in [3.63, 3.8) is 0 Å². The molecule has 1 atom stereocenters. The van der Waals surface area contributed by atoms with Gasteiger partial charge in [0.2, 0.25) is 0 Å². The normalized spacial score (nSPS) is 29.3. The summed E-state index contributed by atoms with van der Waals surface area (Å²) in [6.07, 6.45) is 5.71. The molecule has 4 heteroatoms. The lowest BCUT2D eigenvalue weighted by molar-refractivity contribution is 0.0578. The minimum absolute atomic E-state index is 0.195. The van der Waals surface area contributed by atoms with Crippen molar-refractivity contribution in [2.45, 2.75) is 32.3 Å². The van der Waals surface area contributed by atoms with Crippen molar-refractivity contribution in [3.05, 3.63) is 27.1 Å². The second-order valence-electron chi connectivity index (χ2n) is 4.72. The number of hydrogen-bond acceptors (Lipinski definition) is 3. The molecule has 0 bridgehead atoms. The lowest BCUT2D eigenvalue weighted by Gasteiger charge is -2.33. The van der Waals surface area contributed by atoms with Crippen LogP contribution in [0.5, 0.6) is 0 Å². The first kappa shape index (κ1) is 11.3. The number of nitrogens with zero attached hydrogens (tertiary/aromatic N) is 1. The van der Waals surface area contributed by atoms with Crippen molar-refractivity contribution in [3.8, 4) is 0 Å². The van der Waals surface area contributed by atoms with Crippen LogP contribution in [-0.4, -0.2) is 10.1 Å². The first-order chi connectivity index (χ1) is 6.91. The third kappa shape index (κ3) is 2.32. The molecule has 0 aromatic carbocycles. The maximum absolute atomic E-state index is 10.4. The van der Waals surface area contributed by atoms with Gasteiger partial charge in [0.25, 0.3) is 0 Å². The van der Waals surface area contributed by atoms with Crippen LogP contribution in [0.4, 0.5) is 0 Å². The van der Waals surface area contributed by atoms with Gasteiger partial charge in [-0.2, -0.15) is 0 Å². The van der Waals surface area contributed by atoms with E-state index in [1.54, 1.807) is 0 Å². The maximum atomic E-state index is 10.4. The standard InChI is InChI=1S/C11H14BrNOS/c1-10(2)3-5-11(14,6-4-10)9-13-8(12)7-15-9/h3,5,7,14H,4,6H2,1-2H3. The molecule has 1 aliphatic carbocycles. The summed E-state index contributed by atoms with van der Waals surface area (Å²) in [4.78, 5) is 4.29. The fourth-order valence-electron chi connectivity index (χ4n) is 1.67. The van der Waals surface area contributed by atoms with Gasteiger partial charge in [-0.05, 0) is 40.3 Å². The van der Waals surface area contributed by atoms with E-state index in [4.69, 9.17) is 0 Å². The van der Waals surface area contributed by atoms with Gasteiger partial charge >= 0.3 is 0 Å². The first-order valence-electron chi connectivity index (χ1n) is 4.96. The molecule has 1 unspecified atom stereocenters. The molecule has 0 saturated heterocycles. The number of allylic oxidation sites excluding steroid dienone is 1. The Balaban J connectivity index is 2.30. The largest absolute Gasteiger partial charge is 0.379 e. The smallest absolute Gasteiger partial charge is 0.134 e. The zero-order valence-electron chi connectivity index (χ0n) is 8.83. The van der Waals surface area contributed by atoms with E-state index < -0.39 is 5.60 Å². The lowest BCUT2D eigenvalue weighted by atomic mass is 9.77. The molecule has 15 heavy (non-hydrogen) atoms. The zero-order chi connectivity index (χ0) is 11.1. The van der Waals surface area contributed by atoms with E-state index in [0.29, 0.717) is 0 Å². The van der Waals surface area contributed by atoms with Crippen LogP contribution in [0.15, 0.2) is 22.1 Å². The highest BCUT2D eigenvalue weighted by atomic mass is 79.9. The Hall–Kier alpha value is -0.190. The number of thiazole rings is 1. The Morgan fingerprint density at radius 3 is 2.60 bits per heavy atom. The van der Waals surface area contributed by atoms with E-state index in [0.717, 1.165) is 22.5 Å². The summed E-state index contributed by atoms with van der Waals surface area (Å²) >= 11 is 4.81. The molecule has 0 fully saturated rings. The first-order valence-corrected chi connectivity index (χ1v) is 6.63. The molecule has 0 saturated carbocycles. The van der Waals surface area contributed by atoms with Crippen LogP contribution in [0.2, 0.25) is 0 Å². The number of halogens is 1. The van der Waals surface area contributed by atoms with Crippen LogP contribution < -0.4 is 0 Å². The molecule has 1 aromatic heterocycles. The summed E-state index contributed by atoms with van der Waals surface area (Å²) < 4.78 is 0.800. The van der Waals surface area contributed by atoms with Crippen molar-refractivity contribution in [2.75, 3.05) is 0 Å². The van der Waals surface area contributed by atoms with Gasteiger partial charge in [-0.3, -0.25) is 0 Å². The highest BCUT2D eigenvalue weighted by Crippen LogP contribution is 2.41. The molecule has 82 valence electrons. The predicted molar refractivity (Wildman–Crippen MR) is 65.9 cm³/mol. The van der Waals surface area contributed by atoms with E-state index in [1.807, 2.05) is 11.5 Å². The average Bonchev–Trinajstić information content (AvgIpc) is 2.59. The summed E-state index contributed by atoms with van der Waals surface area (Å²) in [6, 6.07) is 0.